The van der Waals surface area contributed by atoms with Crippen LogP contribution in [-0.2, 0) is 13.1 Å². The molecule has 0 atom stereocenters. The van der Waals surface area contributed by atoms with Crippen molar-refractivity contribution < 1.29 is 4.74 Å². The number of guanidine groups is 1. The SMILES string of the molecule is COc1ccc(-c2ccccc2)cc1NC(=NCc1ccc(CN)cc1)NC1CCCCCC1. The summed E-state index contributed by atoms with van der Waals surface area (Å²) in [6.07, 6.45) is 7.51. The van der Waals surface area contributed by atoms with Crippen LogP contribution in [0.3, 0.4) is 0 Å². The molecule has 0 amide bonds. The molecule has 0 heterocycles. The summed E-state index contributed by atoms with van der Waals surface area (Å²) in [5, 5.41) is 7.27. The number of nitrogens with two attached hydrogens (primary N) is 1. The Morgan fingerprint density at radius 1 is 0.882 bits per heavy atom. The van der Waals surface area contributed by atoms with Crippen LogP contribution in [0.1, 0.15) is 49.7 Å². The maximum absolute atomic E-state index is 5.75. The van der Waals surface area contributed by atoms with Gasteiger partial charge in [-0.1, -0.05) is 86.3 Å². The molecule has 1 aliphatic rings. The highest BCUT2D eigenvalue weighted by Gasteiger charge is 2.15. The van der Waals surface area contributed by atoms with Gasteiger partial charge in [0.1, 0.15) is 5.75 Å². The molecule has 1 fully saturated rings. The summed E-state index contributed by atoms with van der Waals surface area (Å²) in [5.41, 5.74) is 11.2. The molecule has 0 bridgehead atoms. The second kappa shape index (κ2) is 12.2. The summed E-state index contributed by atoms with van der Waals surface area (Å²) in [6.45, 7) is 1.14. The highest BCUT2D eigenvalue weighted by Crippen LogP contribution is 2.30. The van der Waals surface area contributed by atoms with Gasteiger partial charge in [0, 0.05) is 12.6 Å². The van der Waals surface area contributed by atoms with Crippen LogP contribution in [0.2, 0.25) is 0 Å². The molecule has 4 rings (SSSR count). The topological polar surface area (TPSA) is 71.7 Å². The van der Waals surface area contributed by atoms with E-state index >= 15 is 0 Å². The molecule has 34 heavy (non-hydrogen) atoms. The largest absolute Gasteiger partial charge is 0.495 e. The molecule has 3 aromatic rings. The molecule has 5 nitrogen and oxygen atoms in total. The van der Waals surface area contributed by atoms with E-state index in [-0.39, 0.29) is 0 Å². The summed E-state index contributed by atoms with van der Waals surface area (Å²) in [6, 6.07) is 25.4. The maximum Gasteiger partial charge on any atom is 0.196 e. The van der Waals surface area contributed by atoms with Crippen LogP contribution in [-0.4, -0.2) is 19.1 Å². The van der Waals surface area contributed by atoms with Gasteiger partial charge in [-0.25, -0.2) is 4.99 Å². The predicted octanol–water partition coefficient (Wildman–Crippen LogP) is 6.10. The van der Waals surface area contributed by atoms with Gasteiger partial charge in [-0.15, -0.1) is 0 Å². The quantitative estimate of drug-likeness (QED) is 0.228. The molecule has 0 unspecified atom stereocenters. The Morgan fingerprint density at radius 2 is 1.59 bits per heavy atom. The molecule has 178 valence electrons. The van der Waals surface area contributed by atoms with Crippen molar-refractivity contribution in [2.75, 3.05) is 12.4 Å². The Morgan fingerprint density at radius 3 is 2.26 bits per heavy atom. The summed E-state index contributed by atoms with van der Waals surface area (Å²) in [7, 11) is 1.71. The Bertz CT molecular complexity index is 1060. The first-order valence-electron chi connectivity index (χ1n) is 12.3. The molecular weight excluding hydrogens is 420 g/mol. The van der Waals surface area contributed by atoms with E-state index in [0.717, 1.165) is 34.1 Å². The highest BCUT2D eigenvalue weighted by atomic mass is 16.5. The van der Waals surface area contributed by atoms with Gasteiger partial charge in [0.05, 0.1) is 19.3 Å². The van der Waals surface area contributed by atoms with E-state index in [0.29, 0.717) is 19.1 Å². The third kappa shape index (κ3) is 6.61. The van der Waals surface area contributed by atoms with E-state index in [1.807, 2.05) is 12.1 Å². The van der Waals surface area contributed by atoms with Gasteiger partial charge < -0.3 is 21.1 Å². The summed E-state index contributed by atoms with van der Waals surface area (Å²) < 4.78 is 5.68. The van der Waals surface area contributed by atoms with Crippen LogP contribution in [0.15, 0.2) is 77.8 Å². The number of ether oxygens (including phenoxy) is 1. The van der Waals surface area contributed by atoms with E-state index in [9.17, 15) is 0 Å². The standard InChI is InChI=1S/C29H36N4O/c1-34-28-18-17-25(24-9-5-4-6-10-24)19-27(28)33-29(32-26-11-7-2-3-8-12-26)31-21-23-15-13-22(20-30)14-16-23/h4-6,9-10,13-19,26H,2-3,7-8,11-12,20-21,30H2,1H3,(H2,31,32,33). The lowest BCUT2D eigenvalue weighted by molar-refractivity contribution is 0.417. The first-order chi connectivity index (χ1) is 16.7. The van der Waals surface area contributed by atoms with Crippen LogP contribution in [0.25, 0.3) is 11.1 Å². The zero-order chi connectivity index (χ0) is 23.6. The van der Waals surface area contributed by atoms with Crippen LogP contribution in [0.5, 0.6) is 5.75 Å². The van der Waals surface area contributed by atoms with E-state index in [2.05, 4.69) is 71.3 Å². The summed E-state index contributed by atoms with van der Waals surface area (Å²) in [5.74, 6) is 1.58. The lowest BCUT2D eigenvalue weighted by Crippen LogP contribution is -2.39. The van der Waals surface area contributed by atoms with Crippen molar-refractivity contribution in [1.29, 1.82) is 0 Å². The van der Waals surface area contributed by atoms with Gasteiger partial charge >= 0.3 is 0 Å². The van der Waals surface area contributed by atoms with Crippen molar-refractivity contribution in [2.24, 2.45) is 10.7 Å². The molecule has 3 aromatic carbocycles. The zero-order valence-electron chi connectivity index (χ0n) is 20.1. The molecular formula is C29H36N4O. The van der Waals surface area contributed by atoms with Crippen molar-refractivity contribution in [3.63, 3.8) is 0 Å². The third-order valence-electron chi connectivity index (χ3n) is 6.43. The molecule has 5 heteroatoms. The Labute approximate surface area is 203 Å². The highest BCUT2D eigenvalue weighted by molar-refractivity contribution is 5.96. The smallest absolute Gasteiger partial charge is 0.196 e. The van der Waals surface area contributed by atoms with Gasteiger partial charge in [-0.05, 0) is 47.2 Å². The minimum absolute atomic E-state index is 0.427. The third-order valence-corrected chi connectivity index (χ3v) is 6.43. The number of anilines is 1. The van der Waals surface area contributed by atoms with Gasteiger partial charge in [-0.2, -0.15) is 0 Å². The minimum Gasteiger partial charge on any atom is -0.495 e. The number of rotatable bonds is 7. The summed E-state index contributed by atoms with van der Waals surface area (Å²) in [4.78, 5) is 4.95. The monoisotopic (exact) mass is 456 g/mol. The number of nitrogens with zero attached hydrogens (tertiary/aromatic N) is 1. The van der Waals surface area contributed by atoms with Gasteiger partial charge in [0.25, 0.3) is 0 Å². The molecule has 1 aliphatic carbocycles. The number of aliphatic imine (C=N–C) groups is 1. The van der Waals surface area contributed by atoms with Gasteiger partial charge in [0.15, 0.2) is 5.96 Å². The molecule has 0 spiro atoms. The average Bonchev–Trinajstić information content (AvgIpc) is 3.16. The Hall–Kier alpha value is -3.31. The van der Waals surface area contributed by atoms with E-state index in [4.69, 9.17) is 15.5 Å². The molecule has 0 aliphatic heterocycles. The first-order valence-corrected chi connectivity index (χ1v) is 12.3. The average molecular weight is 457 g/mol. The van der Waals surface area contributed by atoms with Crippen molar-refractivity contribution in [2.45, 2.75) is 57.7 Å². The number of hydrogen-bond donors (Lipinski definition) is 3. The fraction of sp³-hybridized carbons (Fsp3) is 0.345. The van der Waals surface area contributed by atoms with Crippen LogP contribution >= 0.6 is 0 Å². The normalized spacial score (nSPS) is 14.9. The second-order valence-corrected chi connectivity index (χ2v) is 8.92. The lowest BCUT2D eigenvalue weighted by atomic mass is 10.0. The van der Waals surface area contributed by atoms with E-state index in [1.165, 1.54) is 44.1 Å². The lowest BCUT2D eigenvalue weighted by Gasteiger charge is -2.21. The molecule has 0 radical (unpaired) electrons. The van der Waals surface area contributed by atoms with Crippen molar-refractivity contribution >= 4 is 11.6 Å². The second-order valence-electron chi connectivity index (χ2n) is 8.92. The van der Waals surface area contributed by atoms with Gasteiger partial charge in [0.2, 0.25) is 0 Å². The number of nitrogens with one attached hydrogen (secondary N) is 2. The molecule has 0 saturated heterocycles. The Balaban J connectivity index is 1.59. The molecule has 4 N–H and O–H groups in total. The summed E-state index contributed by atoms with van der Waals surface area (Å²) >= 11 is 0. The zero-order valence-corrected chi connectivity index (χ0v) is 20.1. The number of methoxy groups -OCH3 is 1. The first kappa shape index (κ1) is 23.8. The minimum atomic E-state index is 0.427. The van der Waals surface area contributed by atoms with Gasteiger partial charge in [-0.3, -0.25) is 0 Å². The fourth-order valence-electron chi connectivity index (χ4n) is 4.43. The van der Waals surface area contributed by atoms with Crippen molar-refractivity contribution in [3.8, 4) is 16.9 Å². The van der Waals surface area contributed by atoms with Crippen LogP contribution < -0.4 is 21.1 Å². The predicted molar refractivity (Wildman–Crippen MR) is 142 cm³/mol. The van der Waals surface area contributed by atoms with E-state index < -0.39 is 0 Å². The fourth-order valence-corrected chi connectivity index (χ4v) is 4.43. The maximum atomic E-state index is 5.75. The molecule has 0 aromatic heterocycles. The van der Waals surface area contributed by atoms with Crippen molar-refractivity contribution in [1.82, 2.24) is 5.32 Å². The number of hydrogen-bond acceptors (Lipinski definition) is 3. The van der Waals surface area contributed by atoms with Crippen LogP contribution in [0.4, 0.5) is 5.69 Å². The van der Waals surface area contributed by atoms with E-state index in [1.54, 1.807) is 7.11 Å². The van der Waals surface area contributed by atoms with Crippen molar-refractivity contribution in [3.05, 3.63) is 83.9 Å². The van der Waals surface area contributed by atoms with Crippen LogP contribution in [0, 0.1) is 0 Å². The Kier molecular flexibility index (Phi) is 8.58. The molecule has 1 saturated carbocycles. The number of benzene rings is 3.